The summed E-state index contributed by atoms with van der Waals surface area (Å²) in [7, 11) is 0. The van der Waals surface area contributed by atoms with Gasteiger partial charge in [0.15, 0.2) is 0 Å². The lowest BCUT2D eigenvalue weighted by Gasteiger charge is -2.29. The summed E-state index contributed by atoms with van der Waals surface area (Å²) in [6.07, 6.45) is 5.20. The Hall–Kier alpha value is -4.25. The normalized spacial score (nSPS) is 11.9. The second-order valence-electron chi connectivity index (χ2n) is 8.19. The van der Waals surface area contributed by atoms with Crippen LogP contribution in [0.15, 0.2) is 97.2 Å². The maximum absolute atomic E-state index is 13.5. The Labute approximate surface area is 199 Å². The fourth-order valence-electron chi connectivity index (χ4n) is 3.96. The van der Waals surface area contributed by atoms with Crippen LogP contribution in [0, 0.1) is 0 Å². The number of fused-ring (bicyclic) bond motifs is 1. The molecule has 3 aromatic carbocycles. The lowest BCUT2D eigenvalue weighted by Crippen LogP contribution is -2.31. The summed E-state index contributed by atoms with van der Waals surface area (Å²) in [4.78, 5) is 31.3. The number of nitrogens with one attached hydrogen (secondary N) is 1. The van der Waals surface area contributed by atoms with Gasteiger partial charge >= 0.3 is 0 Å². The lowest BCUT2D eigenvalue weighted by atomic mass is 10.0. The van der Waals surface area contributed by atoms with E-state index in [0.29, 0.717) is 12.2 Å². The first-order valence-electron chi connectivity index (χ1n) is 11.2. The van der Waals surface area contributed by atoms with Gasteiger partial charge < -0.3 is 10.2 Å². The van der Waals surface area contributed by atoms with Gasteiger partial charge in [-0.25, -0.2) is 0 Å². The molecule has 0 aliphatic rings. The fraction of sp³-hybridized carbons (Fsp3) is 0.138. The van der Waals surface area contributed by atoms with E-state index in [1.165, 1.54) is 6.92 Å². The molecule has 34 heavy (non-hydrogen) atoms. The molecule has 0 bridgehead atoms. The Balaban J connectivity index is 1.64. The second-order valence-corrected chi connectivity index (χ2v) is 8.19. The molecule has 5 heteroatoms. The van der Waals surface area contributed by atoms with Crippen molar-refractivity contribution in [2.45, 2.75) is 26.4 Å². The summed E-state index contributed by atoms with van der Waals surface area (Å²) in [6, 6.07) is 27.2. The van der Waals surface area contributed by atoms with Crippen LogP contribution in [-0.2, 0) is 16.1 Å². The van der Waals surface area contributed by atoms with Crippen molar-refractivity contribution in [2.24, 2.45) is 0 Å². The van der Waals surface area contributed by atoms with Crippen LogP contribution in [0.2, 0.25) is 0 Å². The summed E-state index contributed by atoms with van der Waals surface area (Å²) in [5, 5.41) is 3.85. The third-order valence-electron chi connectivity index (χ3n) is 5.71. The Kier molecular flexibility index (Phi) is 7.13. The third kappa shape index (κ3) is 5.56. The van der Waals surface area contributed by atoms with Crippen LogP contribution in [0.5, 0.6) is 0 Å². The Morgan fingerprint density at radius 1 is 0.971 bits per heavy atom. The minimum absolute atomic E-state index is 0.103. The predicted molar refractivity (Wildman–Crippen MR) is 137 cm³/mol. The van der Waals surface area contributed by atoms with Gasteiger partial charge in [-0.15, -0.1) is 0 Å². The van der Waals surface area contributed by atoms with Crippen molar-refractivity contribution in [1.29, 1.82) is 0 Å². The van der Waals surface area contributed by atoms with Gasteiger partial charge in [0.25, 0.3) is 0 Å². The van der Waals surface area contributed by atoms with E-state index in [0.717, 1.165) is 27.6 Å². The molecule has 2 amide bonds. The van der Waals surface area contributed by atoms with Crippen molar-refractivity contribution < 1.29 is 9.59 Å². The molecule has 0 radical (unpaired) electrons. The minimum Gasteiger partial charge on any atom is -0.328 e. The van der Waals surface area contributed by atoms with Gasteiger partial charge in [0.1, 0.15) is 0 Å². The number of carbonyl (C=O) groups excluding carboxylic acids is 2. The van der Waals surface area contributed by atoms with Crippen LogP contribution in [0.1, 0.15) is 36.6 Å². The standard InChI is InChI=1S/C29H27N3O2/c1-21(26-13-7-15-27(19-26)31-22(2)33)32(20-23-9-4-3-5-10-23)28(34)17-16-25-12-6-11-24-14-8-18-30-29(24)25/h3-19,21H,20H2,1-2H3,(H,31,33)/b17-16+. The quantitative estimate of drug-likeness (QED) is 0.352. The average molecular weight is 450 g/mol. The zero-order valence-electron chi connectivity index (χ0n) is 19.3. The number of pyridine rings is 1. The molecule has 4 aromatic rings. The predicted octanol–water partition coefficient (Wildman–Crippen LogP) is 6.00. The summed E-state index contributed by atoms with van der Waals surface area (Å²) in [5.41, 5.74) is 4.45. The lowest BCUT2D eigenvalue weighted by molar-refractivity contribution is -0.128. The second kappa shape index (κ2) is 10.6. The molecule has 0 spiro atoms. The van der Waals surface area contributed by atoms with E-state index in [1.54, 1.807) is 12.3 Å². The first-order chi connectivity index (χ1) is 16.5. The van der Waals surface area contributed by atoms with E-state index >= 15 is 0 Å². The topological polar surface area (TPSA) is 62.3 Å². The molecule has 1 atom stereocenters. The van der Waals surface area contributed by atoms with Gasteiger partial charge in [-0.1, -0.05) is 66.7 Å². The van der Waals surface area contributed by atoms with Crippen LogP contribution in [0.25, 0.3) is 17.0 Å². The molecule has 0 fully saturated rings. The van der Waals surface area contributed by atoms with Gasteiger partial charge in [-0.05, 0) is 42.3 Å². The third-order valence-corrected chi connectivity index (χ3v) is 5.71. The van der Waals surface area contributed by atoms with Crippen LogP contribution in [0.3, 0.4) is 0 Å². The van der Waals surface area contributed by atoms with E-state index in [4.69, 9.17) is 0 Å². The van der Waals surface area contributed by atoms with Crippen molar-refractivity contribution in [1.82, 2.24) is 9.88 Å². The van der Waals surface area contributed by atoms with Crippen LogP contribution in [0.4, 0.5) is 5.69 Å². The van der Waals surface area contributed by atoms with Crippen molar-refractivity contribution in [3.63, 3.8) is 0 Å². The number of nitrogens with zero attached hydrogens (tertiary/aromatic N) is 2. The summed E-state index contributed by atoms with van der Waals surface area (Å²) >= 11 is 0. The SMILES string of the molecule is CC(=O)Nc1cccc(C(C)N(Cc2ccccc2)C(=O)/C=C/c2cccc3cccnc23)c1. The zero-order valence-corrected chi connectivity index (χ0v) is 19.3. The Bertz CT molecular complexity index is 1330. The van der Waals surface area contributed by atoms with E-state index in [2.05, 4.69) is 10.3 Å². The number of hydrogen-bond acceptors (Lipinski definition) is 3. The van der Waals surface area contributed by atoms with Gasteiger partial charge in [0.2, 0.25) is 11.8 Å². The molecule has 0 aliphatic heterocycles. The van der Waals surface area contributed by atoms with E-state index in [9.17, 15) is 9.59 Å². The van der Waals surface area contributed by atoms with Gasteiger partial charge in [0.05, 0.1) is 11.6 Å². The average Bonchev–Trinajstić information content (AvgIpc) is 2.86. The number of rotatable bonds is 7. The molecule has 0 aliphatic carbocycles. The van der Waals surface area contributed by atoms with Crippen LogP contribution < -0.4 is 5.32 Å². The van der Waals surface area contributed by atoms with Crippen molar-refractivity contribution >= 4 is 34.5 Å². The highest BCUT2D eigenvalue weighted by Crippen LogP contribution is 2.26. The molecule has 170 valence electrons. The molecule has 1 unspecified atom stereocenters. The molecule has 1 aromatic heterocycles. The fourth-order valence-corrected chi connectivity index (χ4v) is 3.96. The van der Waals surface area contributed by atoms with Gasteiger partial charge in [-0.2, -0.15) is 0 Å². The summed E-state index contributed by atoms with van der Waals surface area (Å²) in [6.45, 7) is 3.94. The number of hydrogen-bond donors (Lipinski definition) is 1. The zero-order chi connectivity index (χ0) is 23.9. The van der Waals surface area contributed by atoms with E-state index in [1.807, 2.05) is 103 Å². The van der Waals surface area contributed by atoms with Crippen molar-refractivity contribution in [3.8, 4) is 0 Å². The number of anilines is 1. The molecule has 0 saturated heterocycles. The van der Waals surface area contributed by atoms with E-state index < -0.39 is 0 Å². The molecule has 0 saturated carbocycles. The minimum atomic E-state index is -0.211. The first-order valence-corrected chi connectivity index (χ1v) is 11.2. The van der Waals surface area contributed by atoms with Crippen molar-refractivity contribution in [2.75, 3.05) is 5.32 Å². The summed E-state index contributed by atoms with van der Waals surface area (Å²) in [5.74, 6) is -0.233. The Morgan fingerprint density at radius 2 is 1.74 bits per heavy atom. The smallest absolute Gasteiger partial charge is 0.247 e. The molecule has 1 heterocycles. The largest absolute Gasteiger partial charge is 0.328 e. The molecular weight excluding hydrogens is 422 g/mol. The number of carbonyl (C=O) groups is 2. The highest BCUT2D eigenvalue weighted by Gasteiger charge is 2.21. The summed E-state index contributed by atoms with van der Waals surface area (Å²) < 4.78 is 0. The number of para-hydroxylation sites is 1. The highest BCUT2D eigenvalue weighted by atomic mass is 16.2. The molecular formula is C29H27N3O2. The van der Waals surface area contributed by atoms with Gasteiger partial charge in [0, 0.05) is 42.4 Å². The van der Waals surface area contributed by atoms with Gasteiger partial charge in [-0.3, -0.25) is 14.6 Å². The monoisotopic (exact) mass is 449 g/mol. The number of aromatic nitrogens is 1. The molecule has 1 N–H and O–H groups in total. The maximum Gasteiger partial charge on any atom is 0.247 e. The van der Waals surface area contributed by atoms with Crippen LogP contribution in [-0.4, -0.2) is 21.7 Å². The molecule has 5 nitrogen and oxygen atoms in total. The maximum atomic E-state index is 13.5. The van der Waals surface area contributed by atoms with Crippen LogP contribution >= 0.6 is 0 Å². The highest BCUT2D eigenvalue weighted by molar-refractivity contribution is 5.95. The molecule has 4 rings (SSSR count). The van der Waals surface area contributed by atoms with Crippen molar-refractivity contribution in [3.05, 3.63) is 114 Å². The van der Waals surface area contributed by atoms with E-state index in [-0.39, 0.29) is 17.9 Å². The number of amides is 2. The number of benzene rings is 3. The Morgan fingerprint density at radius 3 is 2.53 bits per heavy atom. The first kappa shape index (κ1) is 22.9.